The third-order valence-corrected chi connectivity index (χ3v) is 5.43. The lowest BCUT2D eigenvalue weighted by Gasteiger charge is -2.32. The van der Waals surface area contributed by atoms with Crippen LogP contribution in [0.4, 0.5) is 0 Å². The summed E-state index contributed by atoms with van der Waals surface area (Å²) in [5.41, 5.74) is 2.78. The summed E-state index contributed by atoms with van der Waals surface area (Å²) in [4.78, 5) is 0. The lowest BCUT2D eigenvalue weighted by molar-refractivity contribution is 0.130. The minimum atomic E-state index is 0.366. The molecule has 3 atom stereocenters. The molecule has 2 aliphatic rings. The van der Waals surface area contributed by atoms with E-state index >= 15 is 0 Å². The Hall–Kier alpha value is -0.860. The minimum Gasteiger partial charge on any atom is -0.396 e. The maximum atomic E-state index is 9.57. The molecular formula is C19H29NO. The monoisotopic (exact) mass is 287 g/mol. The first-order valence-electron chi connectivity index (χ1n) is 8.68. The Bertz CT molecular complexity index is 437. The Kier molecular flexibility index (Phi) is 4.97. The van der Waals surface area contributed by atoms with Crippen LogP contribution in [0, 0.1) is 24.7 Å². The van der Waals surface area contributed by atoms with Gasteiger partial charge in [-0.15, -0.1) is 0 Å². The molecule has 3 unspecified atom stereocenters. The van der Waals surface area contributed by atoms with E-state index < -0.39 is 0 Å². The third kappa shape index (κ3) is 3.87. The number of hydrogen-bond acceptors (Lipinski definition) is 2. The molecule has 2 fully saturated rings. The molecular weight excluding hydrogens is 258 g/mol. The van der Waals surface area contributed by atoms with Crippen molar-refractivity contribution in [1.29, 1.82) is 0 Å². The van der Waals surface area contributed by atoms with E-state index in [0.29, 0.717) is 24.5 Å². The van der Waals surface area contributed by atoms with Gasteiger partial charge < -0.3 is 10.4 Å². The van der Waals surface area contributed by atoms with Crippen LogP contribution in [0.25, 0.3) is 0 Å². The van der Waals surface area contributed by atoms with Crippen LogP contribution in [-0.4, -0.2) is 18.3 Å². The highest BCUT2D eigenvalue weighted by Crippen LogP contribution is 2.41. The molecule has 3 rings (SSSR count). The van der Waals surface area contributed by atoms with Gasteiger partial charge in [-0.3, -0.25) is 0 Å². The fraction of sp³-hybridized carbons (Fsp3) is 0.684. The molecule has 2 N–H and O–H groups in total. The lowest BCUT2D eigenvalue weighted by Crippen LogP contribution is -2.35. The number of hydrogen-bond donors (Lipinski definition) is 2. The molecule has 0 bridgehead atoms. The van der Waals surface area contributed by atoms with Gasteiger partial charge in [0.2, 0.25) is 0 Å². The van der Waals surface area contributed by atoms with E-state index in [2.05, 4.69) is 36.5 Å². The zero-order valence-corrected chi connectivity index (χ0v) is 13.2. The molecule has 2 saturated carbocycles. The van der Waals surface area contributed by atoms with Crippen molar-refractivity contribution in [3.63, 3.8) is 0 Å². The van der Waals surface area contributed by atoms with E-state index in [1.54, 1.807) is 0 Å². The first-order valence-corrected chi connectivity index (χ1v) is 8.68. The summed E-state index contributed by atoms with van der Waals surface area (Å²) >= 11 is 0. The minimum absolute atomic E-state index is 0.366. The predicted molar refractivity (Wildman–Crippen MR) is 87.2 cm³/mol. The van der Waals surface area contributed by atoms with Gasteiger partial charge in [-0.25, -0.2) is 0 Å². The van der Waals surface area contributed by atoms with Gasteiger partial charge in [0.1, 0.15) is 0 Å². The largest absolute Gasteiger partial charge is 0.396 e. The fourth-order valence-corrected chi connectivity index (χ4v) is 3.83. The zero-order valence-electron chi connectivity index (χ0n) is 13.2. The topological polar surface area (TPSA) is 32.3 Å². The van der Waals surface area contributed by atoms with Crippen molar-refractivity contribution in [2.24, 2.45) is 17.8 Å². The summed E-state index contributed by atoms with van der Waals surface area (Å²) in [5, 5.41) is 13.4. The van der Waals surface area contributed by atoms with Gasteiger partial charge in [-0.1, -0.05) is 42.7 Å². The van der Waals surface area contributed by atoms with Crippen molar-refractivity contribution in [1.82, 2.24) is 5.32 Å². The Labute approximate surface area is 129 Å². The SMILES string of the molecule is Cc1ccc(C(NCC2CCCCC2CO)C2CC2)cc1. The molecule has 0 saturated heterocycles. The van der Waals surface area contributed by atoms with Crippen molar-refractivity contribution in [2.45, 2.75) is 51.5 Å². The highest BCUT2D eigenvalue weighted by atomic mass is 16.3. The maximum absolute atomic E-state index is 9.57. The summed E-state index contributed by atoms with van der Waals surface area (Å²) in [7, 11) is 0. The molecule has 2 nitrogen and oxygen atoms in total. The first-order chi connectivity index (χ1) is 10.3. The van der Waals surface area contributed by atoms with Crippen LogP contribution < -0.4 is 5.32 Å². The molecule has 21 heavy (non-hydrogen) atoms. The van der Waals surface area contributed by atoms with Crippen LogP contribution in [0.15, 0.2) is 24.3 Å². The maximum Gasteiger partial charge on any atom is 0.0462 e. The normalized spacial score (nSPS) is 27.5. The van der Waals surface area contributed by atoms with Crippen molar-refractivity contribution >= 4 is 0 Å². The molecule has 1 aromatic rings. The second kappa shape index (κ2) is 6.93. The van der Waals surface area contributed by atoms with Gasteiger partial charge in [0.15, 0.2) is 0 Å². The van der Waals surface area contributed by atoms with Crippen molar-refractivity contribution in [3.8, 4) is 0 Å². The third-order valence-electron chi connectivity index (χ3n) is 5.43. The van der Waals surface area contributed by atoms with Gasteiger partial charge in [0, 0.05) is 12.6 Å². The molecule has 0 radical (unpaired) electrons. The number of aryl methyl sites for hydroxylation is 1. The van der Waals surface area contributed by atoms with Crippen LogP contribution in [-0.2, 0) is 0 Å². The van der Waals surface area contributed by atoms with E-state index in [4.69, 9.17) is 0 Å². The highest BCUT2D eigenvalue weighted by Gasteiger charge is 2.33. The molecule has 0 spiro atoms. The molecule has 0 aliphatic heterocycles. The molecule has 1 aromatic carbocycles. The van der Waals surface area contributed by atoms with Gasteiger partial charge in [-0.2, -0.15) is 0 Å². The van der Waals surface area contributed by atoms with Crippen molar-refractivity contribution in [3.05, 3.63) is 35.4 Å². The standard InChI is InChI=1S/C19H29NO/c1-14-6-8-15(9-7-14)19(16-10-11-16)20-12-17-4-2-3-5-18(17)13-21/h6-9,16-21H,2-5,10-13H2,1H3. The van der Waals surface area contributed by atoms with Crippen LogP contribution in [0.2, 0.25) is 0 Å². The van der Waals surface area contributed by atoms with E-state index in [1.165, 1.54) is 49.7 Å². The average Bonchev–Trinajstić information content (AvgIpc) is 3.34. The van der Waals surface area contributed by atoms with Crippen LogP contribution in [0.1, 0.15) is 55.7 Å². The molecule has 0 aromatic heterocycles. The summed E-state index contributed by atoms with van der Waals surface area (Å²) in [5.74, 6) is 2.00. The molecule has 0 amide bonds. The Morgan fingerprint density at radius 3 is 2.33 bits per heavy atom. The second-order valence-electron chi connectivity index (χ2n) is 7.12. The van der Waals surface area contributed by atoms with Crippen LogP contribution in [0.3, 0.4) is 0 Å². The highest BCUT2D eigenvalue weighted by molar-refractivity contribution is 5.25. The molecule has 0 heterocycles. The smallest absolute Gasteiger partial charge is 0.0462 e. The number of aliphatic hydroxyl groups excluding tert-OH is 1. The van der Waals surface area contributed by atoms with E-state index in [0.717, 1.165) is 12.5 Å². The van der Waals surface area contributed by atoms with Gasteiger partial charge in [0.05, 0.1) is 0 Å². The average molecular weight is 287 g/mol. The Morgan fingerprint density at radius 1 is 1.05 bits per heavy atom. The summed E-state index contributed by atoms with van der Waals surface area (Å²) in [6.45, 7) is 3.59. The zero-order chi connectivity index (χ0) is 14.7. The van der Waals surface area contributed by atoms with Crippen molar-refractivity contribution in [2.75, 3.05) is 13.2 Å². The molecule has 2 heteroatoms. The molecule has 2 aliphatic carbocycles. The van der Waals surface area contributed by atoms with E-state index in [-0.39, 0.29) is 0 Å². The van der Waals surface area contributed by atoms with Crippen LogP contribution in [0.5, 0.6) is 0 Å². The fourth-order valence-electron chi connectivity index (χ4n) is 3.83. The van der Waals surface area contributed by atoms with Gasteiger partial charge >= 0.3 is 0 Å². The Balaban J connectivity index is 1.61. The lowest BCUT2D eigenvalue weighted by atomic mass is 9.79. The summed E-state index contributed by atoms with van der Waals surface area (Å²) in [6, 6.07) is 9.55. The van der Waals surface area contributed by atoms with Gasteiger partial charge in [-0.05, 0) is 62.5 Å². The number of aliphatic hydroxyl groups is 1. The Morgan fingerprint density at radius 2 is 1.71 bits per heavy atom. The molecule has 116 valence electrons. The van der Waals surface area contributed by atoms with Crippen LogP contribution >= 0.6 is 0 Å². The predicted octanol–water partition coefficient (Wildman–Crippen LogP) is 3.83. The van der Waals surface area contributed by atoms with Crippen molar-refractivity contribution < 1.29 is 5.11 Å². The summed E-state index contributed by atoms with van der Waals surface area (Å²) < 4.78 is 0. The number of rotatable bonds is 6. The number of benzene rings is 1. The summed E-state index contributed by atoms with van der Waals surface area (Å²) in [6.07, 6.45) is 7.84. The second-order valence-corrected chi connectivity index (χ2v) is 7.12. The number of nitrogens with one attached hydrogen (secondary N) is 1. The van der Waals surface area contributed by atoms with E-state index in [1.807, 2.05) is 0 Å². The van der Waals surface area contributed by atoms with Gasteiger partial charge in [0.25, 0.3) is 0 Å². The quantitative estimate of drug-likeness (QED) is 0.833. The van der Waals surface area contributed by atoms with E-state index in [9.17, 15) is 5.11 Å². The first kappa shape index (κ1) is 15.1.